The fourth-order valence-electron chi connectivity index (χ4n) is 1.36. The van der Waals surface area contributed by atoms with Crippen LogP contribution in [0.25, 0.3) is 0 Å². The molecule has 0 unspecified atom stereocenters. The molecule has 0 bridgehead atoms. The second-order valence-electron chi connectivity index (χ2n) is 3.52. The predicted molar refractivity (Wildman–Crippen MR) is 55.6 cm³/mol. The third-order valence-corrected chi connectivity index (χ3v) is 2.61. The minimum Gasteiger partial charge on any atom is -0.274 e. The van der Waals surface area contributed by atoms with Crippen molar-refractivity contribution in [3.05, 3.63) is 29.3 Å². The van der Waals surface area contributed by atoms with E-state index in [9.17, 15) is 13.2 Å². The molecule has 1 rings (SSSR count). The van der Waals surface area contributed by atoms with Crippen molar-refractivity contribution in [1.82, 2.24) is 0 Å². The van der Waals surface area contributed by atoms with Gasteiger partial charge in [-0.1, -0.05) is 19.9 Å². The first-order chi connectivity index (χ1) is 6.86. The number of hydrogen-bond acceptors (Lipinski definition) is 2. The van der Waals surface area contributed by atoms with Crippen LogP contribution in [0.1, 0.15) is 30.9 Å². The zero-order valence-electron chi connectivity index (χ0n) is 8.43. The lowest BCUT2D eigenvalue weighted by molar-refractivity contribution is -0.138. The first kappa shape index (κ1) is 12.4. The molecule has 5 heteroatoms. The second-order valence-corrected chi connectivity index (χ2v) is 4.23. The summed E-state index contributed by atoms with van der Waals surface area (Å²) in [5.41, 5.74) is -0.284. The van der Waals surface area contributed by atoms with Gasteiger partial charge in [-0.2, -0.15) is 13.2 Å². The lowest BCUT2D eigenvalue weighted by Crippen LogP contribution is -2.10. The molecule has 0 heterocycles. The van der Waals surface area contributed by atoms with Gasteiger partial charge in [0.25, 0.3) is 0 Å². The van der Waals surface area contributed by atoms with Crippen molar-refractivity contribution in [3.8, 4) is 0 Å². The van der Waals surface area contributed by atoms with Crippen LogP contribution in [-0.2, 0) is 6.18 Å². The summed E-state index contributed by atoms with van der Waals surface area (Å²) in [6.45, 7) is 3.47. The van der Waals surface area contributed by atoms with Gasteiger partial charge in [0.15, 0.2) is 0 Å². The van der Waals surface area contributed by atoms with Crippen LogP contribution in [0.15, 0.2) is 23.1 Å². The Bertz CT molecular complexity index is 347. The monoisotopic (exact) mass is 235 g/mol. The average molecular weight is 235 g/mol. The molecule has 0 saturated carbocycles. The van der Waals surface area contributed by atoms with Gasteiger partial charge in [-0.3, -0.25) is 5.14 Å². The zero-order valence-corrected chi connectivity index (χ0v) is 9.25. The first-order valence-corrected chi connectivity index (χ1v) is 5.32. The molecule has 0 amide bonds. The standard InChI is InChI=1S/C10H12F3NS/c1-6(2)8-4-3-7(15-14)5-9(8)10(11,12)13/h3-6H,14H2,1-2H3. The molecule has 15 heavy (non-hydrogen) atoms. The summed E-state index contributed by atoms with van der Waals surface area (Å²) in [4.78, 5) is 0.423. The van der Waals surface area contributed by atoms with Gasteiger partial charge < -0.3 is 0 Å². The van der Waals surface area contributed by atoms with Crippen molar-refractivity contribution in [2.75, 3.05) is 0 Å². The quantitative estimate of drug-likeness (QED) is 0.789. The molecule has 1 aromatic carbocycles. The summed E-state index contributed by atoms with van der Waals surface area (Å²) in [6.07, 6.45) is -4.31. The van der Waals surface area contributed by atoms with Crippen LogP contribution in [-0.4, -0.2) is 0 Å². The van der Waals surface area contributed by atoms with Crippen LogP contribution in [0.2, 0.25) is 0 Å². The van der Waals surface area contributed by atoms with E-state index >= 15 is 0 Å². The largest absolute Gasteiger partial charge is 0.416 e. The van der Waals surface area contributed by atoms with E-state index in [1.54, 1.807) is 19.9 Å². The molecule has 0 radical (unpaired) electrons. The Labute approximate surface area is 91.0 Å². The smallest absolute Gasteiger partial charge is 0.274 e. The van der Waals surface area contributed by atoms with Gasteiger partial charge in [0, 0.05) is 4.90 Å². The summed E-state index contributed by atoms with van der Waals surface area (Å²) >= 11 is 0.819. The van der Waals surface area contributed by atoms with Gasteiger partial charge in [-0.05, 0) is 35.6 Å². The molecule has 0 aliphatic carbocycles. The Hall–Kier alpha value is -0.680. The van der Waals surface area contributed by atoms with E-state index in [0.717, 1.165) is 18.0 Å². The van der Waals surface area contributed by atoms with Crippen molar-refractivity contribution >= 4 is 11.9 Å². The molecule has 1 nitrogen and oxygen atoms in total. The van der Waals surface area contributed by atoms with E-state index in [0.29, 0.717) is 10.5 Å². The summed E-state index contributed by atoms with van der Waals surface area (Å²) in [6, 6.07) is 4.19. The van der Waals surface area contributed by atoms with Gasteiger partial charge >= 0.3 is 6.18 Å². The zero-order chi connectivity index (χ0) is 11.6. The molecule has 0 spiro atoms. The third-order valence-electron chi connectivity index (χ3n) is 2.09. The summed E-state index contributed by atoms with van der Waals surface area (Å²) in [5, 5.41) is 5.24. The van der Waals surface area contributed by atoms with Crippen molar-refractivity contribution in [2.24, 2.45) is 5.14 Å². The van der Waals surface area contributed by atoms with Gasteiger partial charge in [0.2, 0.25) is 0 Å². The van der Waals surface area contributed by atoms with Crippen molar-refractivity contribution in [1.29, 1.82) is 0 Å². The van der Waals surface area contributed by atoms with Gasteiger partial charge in [0.05, 0.1) is 5.56 Å². The molecule has 84 valence electrons. The topological polar surface area (TPSA) is 26.0 Å². The lowest BCUT2D eigenvalue weighted by Gasteiger charge is -2.16. The highest BCUT2D eigenvalue weighted by Crippen LogP contribution is 2.36. The van der Waals surface area contributed by atoms with Crippen LogP contribution in [0, 0.1) is 0 Å². The van der Waals surface area contributed by atoms with Crippen LogP contribution < -0.4 is 5.14 Å². The normalized spacial score (nSPS) is 12.2. The van der Waals surface area contributed by atoms with Gasteiger partial charge in [-0.25, -0.2) is 0 Å². The highest BCUT2D eigenvalue weighted by molar-refractivity contribution is 7.97. The van der Waals surface area contributed by atoms with Gasteiger partial charge in [-0.15, -0.1) is 0 Å². The van der Waals surface area contributed by atoms with E-state index in [1.807, 2.05) is 0 Å². The summed E-state index contributed by atoms with van der Waals surface area (Å²) in [7, 11) is 0. The van der Waals surface area contributed by atoms with E-state index in [2.05, 4.69) is 0 Å². The van der Waals surface area contributed by atoms with Crippen molar-refractivity contribution in [3.63, 3.8) is 0 Å². The summed E-state index contributed by atoms with van der Waals surface area (Å²) in [5.74, 6) is -0.154. The fourth-order valence-corrected chi connectivity index (χ4v) is 1.69. The highest BCUT2D eigenvalue weighted by Gasteiger charge is 2.34. The average Bonchev–Trinajstić information content (AvgIpc) is 2.15. The molecule has 0 atom stereocenters. The number of alkyl halides is 3. The van der Waals surface area contributed by atoms with E-state index in [4.69, 9.17) is 5.14 Å². The van der Waals surface area contributed by atoms with Crippen molar-refractivity contribution < 1.29 is 13.2 Å². The Morgan fingerprint density at radius 3 is 2.27 bits per heavy atom. The number of hydrogen-bond donors (Lipinski definition) is 1. The Morgan fingerprint density at radius 2 is 1.87 bits per heavy atom. The van der Waals surface area contributed by atoms with E-state index in [1.165, 1.54) is 6.07 Å². The molecule has 2 N–H and O–H groups in total. The molecular formula is C10H12F3NS. The number of nitrogens with two attached hydrogens (primary N) is 1. The van der Waals surface area contributed by atoms with Crippen LogP contribution >= 0.6 is 11.9 Å². The van der Waals surface area contributed by atoms with E-state index < -0.39 is 11.7 Å². The maximum Gasteiger partial charge on any atom is 0.416 e. The maximum atomic E-state index is 12.7. The summed E-state index contributed by atoms with van der Waals surface area (Å²) < 4.78 is 38.0. The lowest BCUT2D eigenvalue weighted by atomic mass is 9.97. The maximum absolute atomic E-state index is 12.7. The highest BCUT2D eigenvalue weighted by atomic mass is 32.2. The SMILES string of the molecule is CC(C)c1ccc(SN)cc1C(F)(F)F. The Morgan fingerprint density at radius 1 is 1.27 bits per heavy atom. The number of halogens is 3. The first-order valence-electron chi connectivity index (χ1n) is 4.44. The molecule has 1 aromatic rings. The molecule has 0 aliphatic heterocycles. The van der Waals surface area contributed by atoms with Crippen LogP contribution in [0.5, 0.6) is 0 Å². The molecule has 0 fully saturated rings. The molecule has 0 saturated heterocycles. The third kappa shape index (κ3) is 2.89. The Balaban J connectivity index is 3.29. The number of benzene rings is 1. The molecular weight excluding hydrogens is 223 g/mol. The minimum atomic E-state index is -4.31. The fraction of sp³-hybridized carbons (Fsp3) is 0.400. The molecule has 0 aromatic heterocycles. The molecule has 0 aliphatic rings. The number of rotatable bonds is 2. The Kier molecular flexibility index (Phi) is 3.67. The second kappa shape index (κ2) is 4.45. The van der Waals surface area contributed by atoms with Crippen LogP contribution in [0.3, 0.4) is 0 Å². The van der Waals surface area contributed by atoms with Gasteiger partial charge in [0.1, 0.15) is 0 Å². The van der Waals surface area contributed by atoms with Crippen LogP contribution in [0.4, 0.5) is 13.2 Å². The minimum absolute atomic E-state index is 0.154. The van der Waals surface area contributed by atoms with Crippen molar-refractivity contribution in [2.45, 2.75) is 30.8 Å². The van der Waals surface area contributed by atoms with E-state index in [-0.39, 0.29) is 5.92 Å². The predicted octanol–water partition coefficient (Wildman–Crippen LogP) is 3.79.